The van der Waals surface area contributed by atoms with Crippen molar-refractivity contribution in [2.75, 3.05) is 12.3 Å². The van der Waals surface area contributed by atoms with Gasteiger partial charge in [-0.25, -0.2) is 0 Å². The molecule has 2 aromatic rings. The molecule has 2 heteroatoms. The molecule has 1 aliphatic rings. The van der Waals surface area contributed by atoms with Gasteiger partial charge in [0.1, 0.15) is 0 Å². The van der Waals surface area contributed by atoms with Crippen molar-refractivity contribution in [1.82, 2.24) is 5.32 Å². The highest BCUT2D eigenvalue weighted by atomic mass is 32.2. The van der Waals surface area contributed by atoms with E-state index in [-0.39, 0.29) is 0 Å². The molecule has 0 amide bonds. The van der Waals surface area contributed by atoms with Crippen LogP contribution in [0, 0.1) is 0 Å². The average Bonchev–Trinajstić information content (AvgIpc) is 2.91. The molecule has 3 rings (SSSR count). The molecule has 0 saturated carbocycles. The summed E-state index contributed by atoms with van der Waals surface area (Å²) >= 11 is 2.12. The minimum absolute atomic E-state index is 0.414. The molecular weight excluding hydrogens is 262 g/mol. The van der Waals surface area contributed by atoms with Gasteiger partial charge in [-0.3, -0.25) is 0 Å². The predicted molar refractivity (Wildman–Crippen MR) is 90.5 cm³/mol. The van der Waals surface area contributed by atoms with E-state index >= 15 is 0 Å². The average molecular weight is 285 g/mol. The smallest absolute Gasteiger partial charge is 0.0292 e. The van der Waals surface area contributed by atoms with E-state index < -0.39 is 0 Å². The molecule has 1 saturated heterocycles. The summed E-state index contributed by atoms with van der Waals surface area (Å²) in [4.78, 5) is 0. The van der Waals surface area contributed by atoms with Crippen LogP contribution < -0.4 is 5.32 Å². The van der Waals surface area contributed by atoms with E-state index in [9.17, 15) is 0 Å². The van der Waals surface area contributed by atoms with Gasteiger partial charge < -0.3 is 5.32 Å². The van der Waals surface area contributed by atoms with Gasteiger partial charge in [-0.05, 0) is 54.8 Å². The van der Waals surface area contributed by atoms with Gasteiger partial charge >= 0.3 is 0 Å². The summed E-state index contributed by atoms with van der Waals surface area (Å²) in [5.74, 6) is 1.32. The highest BCUT2D eigenvalue weighted by Gasteiger charge is 2.29. The van der Waals surface area contributed by atoms with Crippen molar-refractivity contribution < 1.29 is 0 Å². The second kappa shape index (κ2) is 5.79. The summed E-state index contributed by atoms with van der Waals surface area (Å²) in [5, 5.41) is 6.38. The summed E-state index contributed by atoms with van der Waals surface area (Å²) in [6.07, 6.45) is 2.71. The first kappa shape index (κ1) is 14.0. The molecule has 0 bridgehead atoms. The van der Waals surface area contributed by atoms with E-state index in [1.54, 1.807) is 0 Å². The van der Waals surface area contributed by atoms with Gasteiger partial charge in [-0.15, -0.1) is 0 Å². The Morgan fingerprint density at radius 2 is 2.00 bits per heavy atom. The van der Waals surface area contributed by atoms with Crippen LogP contribution in [-0.4, -0.2) is 17.0 Å². The third-order valence-electron chi connectivity index (χ3n) is 4.36. The van der Waals surface area contributed by atoms with Gasteiger partial charge in [0.2, 0.25) is 0 Å². The van der Waals surface area contributed by atoms with Crippen LogP contribution in [0.5, 0.6) is 0 Å². The van der Waals surface area contributed by atoms with E-state index in [1.165, 1.54) is 34.9 Å². The lowest BCUT2D eigenvalue weighted by Crippen LogP contribution is -2.34. The first-order chi connectivity index (χ1) is 9.66. The minimum atomic E-state index is 0.414. The minimum Gasteiger partial charge on any atom is -0.309 e. The predicted octanol–water partition coefficient (Wildman–Crippen LogP) is 4.78. The molecule has 1 heterocycles. The standard InChI is InChI=1S/C18H23NS/c1-14(19-13-18(2)10-5-11-20-18)16-9-8-15-6-3-4-7-17(15)12-16/h3-4,6-9,12,14,19H,5,10-11,13H2,1-2H3. The Labute approximate surface area is 126 Å². The second-order valence-electron chi connectivity index (χ2n) is 6.11. The topological polar surface area (TPSA) is 12.0 Å². The van der Waals surface area contributed by atoms with E-state index in [2.05, 4.69) is 73.4 Å². The van der Waals surface area contributed by atoms with Gasteiger partial charge in [0.15, 0.2) is 0 Å². The Morgan fingerprint density at radius 1 is 1.20 bits per heavy atom. The second-order valence-corrected chi connectivity index (χ2v) is 7.79. The molecular formula is C18H23NS. The van der Waals surface area contributed by atoms with Crippen LogP contribution in [0.25, 0.3) is 10.8 Å². The molecule has 0 aromatic heterocycles. The van der Waals surface area contributed by atoms with E-state index in [0.29, 0.717) is 10.8 Å². The normalized spacial score (nSPS) is 24.1. The molecule has 0 radical (unpaired) electrons. The van der Waals surface area contributed by atoms with Crippen LogP contribution in [0.4, 0.5) is 0 Å². The maximum atomic E-state index is 3.73. The Balaban J connectivity index is 1.70. The zero-order chi connectivity index (χ0) is 14.0. The summed E-state index contributed by atoms with van der Waals surface area (Å²) in [5.41, 5.74) is 1.38. The van der Waals surface area contributed by atoms with E-state index in [4.69, 9.17) is 0 Å². The molecule has 20 heavy (non-hydrogen) atoms. The third-order valence-corrected chi connectivity index (χ3v) is 5.89. The molecule has 1 fully saturated rings. The van der Waals surface area contributed by atoms with Gasteiger partial charge in [0.25, 0.3) is 0 Å². The molecule has 1 nitrogen and oxygen atoms in total. The number of benzene rings is 2. The van der Waals surface area contributed by atoms with Crippen LogP contribution in [0.3, 0.4) is 0 Å². The quantitative estimate of drug-likeness (QED) is 0.868. The number of hydrogen-bond donors (Lipinski definition) is 1. The van der Waals surface area contributed by atoms with Crippen LogP contribution in [0.1, 0.15) is 38.3 Å². The number of rotatable bonds is 4. The van der Waals surface area contributed by atoms with Crippen molar-refractivity contribution in [2.45, 2.75) is 37.5 Å². The maximum Gasteiger partial charge on any atom is 0.0292 e. The maximum absolute atomic E-state index is 3.73. The Kier molecular flexibility index (Phi) is 4.04. The lowest BCUT2D eigenvalue weighted by molar-refractivity contribution is 0.490. The van der Waals surface area contributed by atoms with Crippen molar-refractivity contribution in [2.24, 2.45) is 0 Å². The molecule has 106 valence electrons. The molecule has 2 unspecified atom stereocenters. The van der Waals surface area contributed by atoms with Crippen molar-refractivity contribution in [3.63, 3.8) is 0 Å². The monoisotopic (exact) mass is 285 g/mol. The van der Waals surface area contributed by atoms with Crippen molar-refractivity contribution in [1.29, 1.82) is 0 Å². The number of thioether (sulfide) groups is 1. The third kappa shape index (κ3) is 3.02. The molecule has 0 aliphatic carbocycles. The van der Waals surface area contributed by atoms with Crippen LogP contribution in [0.15, 0.2) is 42.5 Å². The van der Waals surface area contributed by atoms with Crippen LogP contribution in [-0.2, 0) is 0 Å². The lowest BCUT2D eigenvalue weighted by atomic mass is 10.0. The van der Waals surface area contributed by atoms with E-state index in [1.807, 2.05) is 0 Å². The fourth-order valence-corrected chi connectivity index (χ4v) is 4.20. The van der Waals surface area contributed by atoms with Gasteiger partial charge in [-0.1, -0.05) is 36.4 Å². The number of nitrogens with one attached hydrogen (secondary N) is 1. The fraction of sp³-hybridized carbons (Fsp3) is 0.444. The van der Waals surface area contributed by atoms with Gasteiger partial charge in [0.05, 0.1) is 0 Å². The summed E-state index contributed by atoms with van der Waals surface area (Å²) in [7, 11) is 0. The van der Waals surface area contributed by atoms with Crippen molar-refractivity contribution in [3.05, 3.63) is 48.0 Å². The van der Waals surface area contributed by atoms with Crippen molar-refractivity contribution >= 4 is 22.5 Å². The number of fused-ring (bicyclic) bond motifs is 1. The molecule has 1 N–H and O–H groups in total. The summed E-state index contributed by atoms with van der Waals surface area (Å²) in [6.45, 7) is 5.77. The van der Waals surface area contributed by atoms with E-state index in [0.717, 1.165) is 6.54 Å². The summed E-state index contributed by atoms with van der Waals surface area (Å²) in [6, 6.07) is 15.8. The first-order valence-corrected chi connectivity index (χ1v) is 8.51. The Hall–Kier alpha value is -0.990. The SMILES string of the molecule is CC(NCC1(C)CCCS1)c1ccc2ccccc2c1. The molecule has 2 atom stereocenters. The molecule has 1 aliphatic heterocycles. The Morgan fingerprint density at radius 3 is 2.75 bits per heavy atom. The fourth-order valence-electron chi connectivity index (χ4n) is 2.94. The number of hydrogen-bond acceptors (Lipinski definition) is 2. The van der Waals surface area contributed by atoms with Gasteiger partial charge in [-0.2, -0.15) is 11.8 Å². The zero-order valence-corrected chi connectivity index (χ0v) is 13.2. The van der Waals surface area contributed by atoms with Gasteiger partial charge in [0, 0.05) is 17.3 Å². The molecule has 0 spiro atoms. The summed E-state index contributed by atoms with van der Waals surface area (Å²) < 4.78 is 0.436. The largest absolute Gasteiger partial charge is 0.309 e. The van der Waals surface area contributed by atoms with Crippen LogP contribution in [0.2, 0.25) is 0 Å². The zero-order valence-electron chi connectivity index (χ0n) is 12.4. The first-order valence-electron chi connectivity index (χ1n) is 7.52. The molecule has 2 aromatic carbocycles. The highest BCUT2D eigenvalue weighted by molar-refractivity contribution is 8.00. The lowest BCUT2D eigenvalue weighted by Gasteiger charge is -2.26. The Bertz CT molecular complexity index is 587. The highest BCUT2D eigenvalue weighted by Crippen LogP contribution is 2.37. The van der Waals surface area contributed by atoms with Crippen molar-refractivity contribution in [3.8, 4) is 0 Å². The van der Waals surface area contributed by atoms with Crippen LogP contribution >= 0.6 is 11.8 Å².